The van der Waals surface area contributed by atoms with Crippen LogP contribution >= 0.6 is 0 Å². The molecule has 1 atom stereocenters. The molecule has 1 aliphatic rings. The Kier molecular flexibility index (Phi) is 5.99. The topological polar surface area (TPSA) is 109 Å². The van der Waals surface area contributed by atoms with Crippen LogP contribution in [0.3, 0.4) is 0 Å². The van der Waals surface area contributed by atoms with E-state index in [1.807, 2.05) is 0 Å². The minimum absolute atomic E-state index is 0.0545. The van der Waals surface area contributed by atoms with Crippen molar-refractivity contribution >= 4 is 23.2 Å². The summed E-state index contributed by atoms with van der Waals surface area (Å²) in [6.07, 6.45) is 1.80. The second-order valence-electron chi connectivity index (χ2n) is 7.47. The molecule has 168 valence electrons. The average molecular weight is 450 g/mol. The first kappa shape index (κ1) is 21.9. The number of non-ortho nitro benzene ring substituents is 1. The predicted molar refractivity (Wildman–Crippen MR) is 116 cm³/mol. The van der Waals surface area contributed by atoms with Crippen molar-refractivity contribution in [3.63, 3.8) is 0 Å². The number of hydrogen-bond acceptors (Lipinski definition) is 6. The minimum atomic E-state index is -0.671. The minimum Gasteiger partial charge on any atom is -0.467 e. The first-order chi connectivity index (χ1) is 15.8. The fourth-order valence-electron chi connectivity index (χ4n) is 3.58. The van der Waals surface area contributed by atoms with Crippen LogP contribution in [0.15, 0.2) is 76.4 Å². The Bertz CT molecular complexity index is 1220. The van der Waals surface area contributed by atoms with Crippen molar-refractivity contribution in [2.24, 2.45) is 5.10 Å². The summed E-state index contributed by atoms with van der Waals surface area (Å²) in [4.78, 5) is 37.3. The molecule has 10 heteroatoms. The highest BCUT2D eigenvalue weighted by atomic mass is 19.1. The van der Waals surface area contributed by atoms with Crippen LogP contribution < -0.4 is 0 Å². The number of benzene rings is 2. The van der Waals surface area contributed by atoms with Gasteiger partial charge in [-0.05, 0) is 42.0 Å². The van der Waals surface area contributed by atoms with E-state index in [-0.39, 0.29) is 17.8 Å². The highest BCUT2D eigenvalue weighted by Gasteiger charge is 2.35. The summed E-state index contributed by atoms with van der Waals surface area (Å²) in [6.45, 7) is -0.332. The van der Waals surface area contributed by atoms with Gasteiger partial charge in [0.2, 0.25) is 0 Å². The second-order valence-corrected chi connectivity index (χ2v) is 7.47. The summed E-state index contributed by atoms with van der Waals surface area (Å²) >= 11 is 0. The van der Waals surface area contributed by atoms with Gasteiger partial charge in [0.1, 0.15) is 24.2 Å². The number of rotatable bonds is 6. The molecule has 0 saturated heterocycles. The van der Waals surface area contributed by atoms with Crippen LogP contribution in [-0.4, -0.2) is 46.0 Å². The predicted octanol–water partition coefficient (Wildman–Crippen LogP) is 3.78. The van der Waals surface area contributed by atoms with Gasteiger partial charge in [0.15, 0.2) is 0 Å². The van der Waals surface area contributed by atoms with Crippen molar-refractivity contribution in [3.05, 3.63) is 99.7 Å². The van der Waals surface area contributed by atoms with Crippen molar-refractivity contribution in [3.8, 4) is 0 Å². The van der Waals surface area contributed by atoms with E-state index in [4.69, 9.17) is 4.42 Å². The summed E-state index contributed by atoms with van der Waals surface area (Å²) in [5.41, 5.74) is 0.985. The molecule has 0 spiro atoms. The summed E-state index contributed by atoms with van der Waals surface area (Å²) in [6, 6.07) is 14.3. The van der Waals surface area contributed by atoms with Gasteiger partial charge in [0.25, 0.3) is 17.5 Å². The summed E-state index contributed by atoms with van der Waals surface area (Å²) in [5.74, 6) is -1.28. The zero-order valence-electron chi connectivity index (χ0n) is 17.6. The molecule has 3 aromatic rings. The highest BCUT2D eigenvalue weighted by Crippen LogP contribution is 2.33. The maximum absolute atomic E-state index is 14.0. The fraction of sp³-hybridized carbons (Fsp3) is 0.174. The van der Waals surface area contributed by atoms with E-state index < -0.39 is 28.6 Å². The molecular weight excluding hydrogens is 431 g/mol. The molecule has 9 nitrogen and oxygen atoms in total. The third-order valence-corrected chi connectivity index (χ3v) is 5.27. The number of nitro benzene ring substituents is 1. The van der Waals surface area contributed by atoms with Gasteiger partial charge in [-0.25, -0.2) is 9.40 Å². The first-order valence-corrected chi connectivity index (χ1v) is 10.0. The van der Waals surface area contributed by atoms with Crippen LogP contribution in [0.1, 0.15) is 34.1 Å². The Balaban J connectivity index is 1.57. The number of carbonyl (C=O) groups is 2. The summed E-state index contributed by atoms with van der Waals surface area (Å²) < 4.78 is 19.5. The van der Waals surface area contributed by atoms with Crippen molar-refractivity contribution in [1.82, 2.24) is 9.91 Å². The van der Waals surface area contributed by atoms with E-state index in [1.54, 1.807) is 30.3 Å². The molecule has 4 rings (SSSR count). The molecule has 2 amide bonds. The molecule has 0 bridgehead atoms. The molecule has 0 aliphatic carbocycles. The lowest BCUT2D eigenvalue weighted by Crippen LogP contribution is -2.39. The largest absolute Gasteiger partial charge is 0.467 e. The van der Waals surface area contributed by atoms with Crippen molar-refractivity contribution in [1.29, 1.82) is 0 Å². The molecule has 33 heavy (non-hydrogen) atoms. The number of nitro groups is 1. The van der Waals surface area contributed by atoms with E-state index >= 15 is 0 Å². The number of hydrazone groups is 1. The van der Waals surface area contributed by atoms with E-state index in [0.717, 1.165) is 4.90 Å². The number of amides is 2. The van der Waals surface area contributed by atoms with Crippen molar-refractivity contribution in [2.45, 2.75) is 12.5 Å². The Morgan fingerprint density at radius 2 is 1.91 bits per heavy atom. The Morgan fingerprint density at radius 1 is 1.18 bits per heavy atom. The molecule has 0 N–H and O–H groups in total. The van der Waals surface area contributed by atoms with Crippen LogP contribution in [-0.2, 0) is 4.79 Å². The maximum atomic E-state index is 14.0. The average Bonchev–Trinajstić information content (AvgIpc) is 3.49. The van der Waals surface area contributed by atoms with Crippen LogP contribution in [0.4, 0.5) is 10.1 Å². The number of hydrogen-bond donors (Lipinski definition) is 0. The Labute approximate surface area is 187 Å². The smallest absolute Gasteiger partial charge is 0.269 e. The fourth-order valence-corrected chi connectivity index (χ4v) is 3.58. The van der Waals surface area contributed by atoms with Gasteiger partial charge in [-0.3, -0.25) is 19.7 Å². The number of furan rings is 1. The molecule has 0 saturated carbocycles. The number of nitrogens with zero attached hydrogens (tertiary/aromatic N) is 4. The van der Waals surface area contributed by atoms with E-state index in [2.05, 4.69) is 5.10 Å². The zero-order chi connectivity index (χ0) is 23.5. The molecule has 0 unspecified atom stereocenters. The van der Waals surface area contributed by atoms with Gasteiger partial charge >= 0.3 is 0 Å². The molecule has 1 aromatic heterocycles. The van der Waals surface area contributed by atoms with Crippen LogP contribution in [0, 0.1) is 15.9 Å². The molecule has 1 aliphatic heterocycles. The Hall–Kier alpha value is -4.34. The quantitative estimate of drug-likeness (QED) is 0.419. The monoisotopic (exact) mass is 450 g/mol. The normalized spacial score (nSPS) is 15.3. The van der Waals surface area contributed by atoms with Crippen LogP contribution in [0.5, 0.6) is 0 Å². The number of likely N-dealkylation sites (N-methyl/N-ethyl adjacent to an activating group) is 1. The highest BCUT2D eigenvalue weighted by molar-refractivity contribution is 6.03. The van der Waals surface area contributed by atoms with Gasteiger partial charge < -0.3 is 9.32 Å². The molecule has 0 fully saturated rings. The van der Waals surface area contributed by atoms with Gasteiger partial charge in [-0.2, -0.15) is 5.10 Å². The lowest BCUT2D eigenvalue weighted by Gasteiger charge is -2.23. The van der Waals surface area contributed by atoms with Gasteiger partial charge in [-0.15, -0.1) is 0 Å². The SMILES string of the molecule is CN(CC(=O)N1N=C(c2ccc([N+](=O)[O-])cc2)C[C@@H]1c1ccco1)C(=O)c1ccccc1F. The summed E-state index contributed by atoms with van der Waals surface area (Å²) in [5, 5.41) is 16.6. The second kappa shape index (κ2) is 9.03. The van der Waals surface area contributed by atoms with Gasteiger partial charge in [-0.1, -0.05) is 12.1 Å². The summed E-state index contributed by atoms with van der Waals surface area (Å²) in [7, 11) is 1.41. The lowest BCUT2D eigenvalue weighted by molar-refractivity contribution is -0.384. The van der Waals surface area contributed by atoms with Gasteiger partial charge in [0.05, 0.1) is 22.5 Å². The van der Waals surface area contributed by atoms with Gasteiger partial charge in [0, 0.05) is 25.6 Å². The first-order valence-electron chi connectivity index (χ1n) is 10.0. The van der Waals surface area contributed by atoms with Crippen LogP contribution in [0.2, 0.25) is 0 Å². The molecule has 2 heterocycles. The number of halogens is 1. The van der Waals surface area contributed by atoms with E-state index in [1.165, 1.54) is 48.7 Å². The number of carbonyl (C=O) groups excluding carboxylic acids is 2. The van der Waals surface area contributed by atoms with Crippen LogP contribution in [0.25, 0.3) is 0 Å². The van der Waals surface area contributed by atoms with E-state index in [0.29, 0.717) is 23.5 Å². The zero-order valence-corrected chi connectivity index (χ0v) is 17.6. The molecule has 2 aromatic carbocycles. The maximum Gasteiger partial charge on any atom is 0.269 e. The van der Waals surface area contributed by atoms with E-state index in [9.17, 15) is 24.1 Å². The van der Waals surface area contributed by atoms with Crippen molar-refractivity contribution < 1.29 is 23.3 Å². The molecular formula is C23H19FN4O5. The Morgan fingerprint density at radius 3 is 2.55 bits per heavy atom. The molecule has 0 radical (unpaired) electrons. The third kappa shape index (κ3) is 4.49. The standard InChI is InChI=1S/C23H19FN4O5/c1-26(23(30)17-5-2-3-6-18(17)24)14-22(29)27-20(21-7-4-12-33-21)13-19(25-27)15-8-10-16(11-9-15)28(31)32/h2-12,20H,13-14H2,1H3/t20-/m1/s1. The third-order valence-electron chi connectivity index (χ3n) is 5.27. The lowest BCUT2D eigenvalue weighted by atomic mass is 10.0. The van der Waals surface area contributed by atoms with Crippen molar-refractivity contribution in [2.75, 3.05) is 13.6 Å².